The van der Waals surface area contributed by atoms with Crippen molar-refractivity contribution in [3.05, 3.63) is 0 Å². The van der Waals surface area contributed by atoms with E-state index in [9.17, 15) is 8.42 Å². The Morgan fingerprint density at radius 3 is 2.20 bits per heavy atom. The van der Waals surface area contributed by atoms with Gasteiger partial charge in [-0.15, -0.1) is 0 Å². The van der Waals surface area contributed by atoms with Gasteiger partial charge in [-0.25, -0.2) is 13.1 Å². The monoisotopic (exact) mass is 164 g/mol. The van der Waals surface area contributed by atoms with Gasteiger partial charge in [0.15, 0.2) is 0 Å². The second-order valence-corrected chi connectivity index (χ2v) is 4.88. The molecule has 60 valence electrons. The Bertz CT molecular complexity index is 218. The SMILES string of the molecule is CNS(=O)(=O)C1(CN)CC1. The Labute approximate surface area is 60.8 Å². The maximum Gasteiger partial charge on any atom is 0.218 e. The molecule has 0 aromatic carbocycles. The summed E-state index contributed by atoms with van der Waals surface area (Å²) in [4.78, 5) is 0. The minimum absolute atomic E-state index is 0.232. The molecule has 0 heterocycles. The van der Waals surface area contributed by atoms with E-state index in [2.05, 4.69) is 4.72 Å². The molecule has 0 amide bonds. The van der Waals surface area contributed by atoms with E-state index in [1.807, 2.05) is 0 Å². The van der Waals surface area contributed by atoms with Gasteiger partial charge < -0.3 is 5.73 Å². The summed E-state index contributed by atoms with van der Waals surface area (Å²) >= 11 is 0. The highest BCUT2D eigenvalue weighted by Gasteiger charge is 2.52. The Morgan fingerprint density at radius 2 is 2.10 bits per heavy atom. The van der Waals surface area contributed by atoms with Gasteiger partial charge in [-0.2, -0.15) is 0 Å². The average Bonchev–Trinajstić information content (AvgIpc) is 2.67. The van der Waals surface area contributed by atoms with Gasteiger partial charge in [-0.3, -0.25) is 0 Å². The first-order valence-electron chi connectivity index (χ1n) is 3.21. The van der Waals surface area contributed by atoms with Gasteiger partial charge in [-0.05, 0) is 19.9 Å². The summed E-state index contributed by atoms with van der Waals surface area (Å²) in [5, 5.41) is 0. The van der Waals surface area contributed by atoms with E-state index in [1.54, 1.807) is 0 Å². The Morgan fingerprint density at radius 1 is 1.60 bits per heavy atom. The molecule has 1 saturated carbocycles. The van der Waals surface area contributed by atoms with Crippen LogP contribution in [0.3, 0.4) is 0 Å². The molecule has 0 aromatic rings. The van der Waals surface area contributed by atoms with Crippen molar-refractivity contribution in [1.82, 2.24) is 4.72 Å². The lowest BCUT2D eigenvalue weighted by molar-refractivity contribution is 0.569. The summed E-state index contributed by atoms with van der Waals surface area (Å²) in [6, 6.07) is 0. The van der Waals surface area contributed by atoms with E-state index in [-0.39, 0.29) is 6.54 Å². The van der Waals surface area contributed by atoms with Gasteiger partial charge >= 0.3 is 0 Å². The Balaban J connectivity index is 2.83. The molecule has 5 heteroatoms. The summed E-state index contributed by atoms with van der Waals surface area (Å²) in [6.07, 6.45) is 1.40. The zero-order chi connectivity index (χ0) is 7.83. The summed E-state index contributed by atoms with van der Waals surface area (Å²) < 4.78 is 23.9. The highest BCUT2D eigenvalue weighted by atomic mass is 32.2. The number of hydrogen-bond donors (Lipinski definition) is 2. The Hall–Kier alpha value is -0.130. The molecule has 0 atom stereocenters. The molecule has 1 aliphatic rings. The maximum absolute atomic E-state index is 11.1. The van der Waals surface area contributed by atoms with Crippen LogP contribution in [0.5, 0.6) is 0 Å². The van der Waals surface area contributed by atoms with Crippen LogP contribution in [0.2, 0.25) is 0 Å². The lowest BCUT2D eigenvalue weighted by Gasteiger charge is -2.11. The van der Waals surface area contributed by atoms with Gasteiger partial charge in [0, 0.05) is 6.54 Å². The summed E-state index contributed by atoms with van der Waals surface area (Å²) in [5.41, 5.74) is 5.31. The molecule has 0 aliphatic heterocycles. The van der Waals surface area contributed by atoms with Gasteiger partial charge in [0.05, 0.1) is 4.75 Å². The van der Waals surface area contributed by atoms with Gasteiger partial charge in [0.25, 0.3) is 0 Å². The van der Waals surface area contributed by atoms with E-state index in [4.69, 9.17) is 5.73 Å². The fourth-order valence-electron chi connectivity index (χ4n) is 0.938. The molecule has 0 saturated heterocycles. The summed E-state index contributed by atoms with van der Waals surface area (Å²) in [6.45, 7) is 0.232. The molecule has 0 spiro atoms. The molecule has 3 N–H and O–H groups in total. The van der Waals surface area contributed by atoms with Crippen LogP contribution in [-0.4, -0.2) is 26.8 Å². The molecule has 1 rings (SSSR count). The lowest BCUT2D eigenvalue weighted by Crippen LogP contribution is -2.39. The molecule has 1 fully saturated rings. The lowest BCUT2D eigenvalue weighted by atomic mass is 10.4. The van der Waals surface area contributed by atoms with E-state index in [0.29, 0.717) is 12.8 Å². The molecule has 0 unspecified atom stereocenters. The third kappa shape index (κ3) is 0.941. The minimum atomic E-state index is -3.11. The van der Waals surface area contributed by atoms with Crippen molar-refractivity contribution >= 4 is 10.0 Å². The predicted molar refractivity (Wildman–Crippen MR) is 39.0 cm³/mol. The van der Waals surface area contributed by atoms with Crippen LogP contribution in [0.4, 0.5) is 0 Å². The quantitative estimate of drug-likeness (QED) is 0.563. The van der Waals surface area contributed by atoms with Crippen molar-refractivity contribution in [2.24, 2.45) is 5.73 Å². The van der Waals surface area contributed by atoms with Crippen molar-refractivity contribution in [3.8, 4) is 0 Å². The number of nitrogens with two attached hydrogens (primary N) is 1. The summed E-state index contributed by atoms with van der Waals surface area (Å²) in [7, 11) is -1.69. The second-order valence-electron chi connectivity index (χ2n) is 2.59. The normalized spacial score (nSPS) is 22.6. The van der Waals surface area contributed by atoms with Crippen molar-refractivity contribution in [2.75, 3.05) is 13.6 Å². The van der Waals surface area contributed by atoms with Crippen LogP contribution < -0.4 is 10.5 Å². The summed E-state index contributed by atoms with van der Waals surface area (Å²) in [5.74, 6) is 0. The molecule has 0 aromatic heterocycles. The highest BCUT2D eigenvalue weighted by Crippen LogP contribution is 2.41. The zero-order valence-corrected chi connectivity index (χ0v) is 6.74. The fourth-order valence-corrected chi connectivity index (χ4v) is 2.23. The van der Waals surface area contributed by atoms with Crippen LogP contribution in [0.25, 0.3) is 0 Å². The number of nitrogens with one attached hydrogen (secondary N) is 1. The first kappa shape index (κ1) is 7.97. The molecule has 0 radical (unpaired) electrons. The minimum Gasteiger partial charge on any atom is -0.329 e. The van der Waals surface area contributed by atoms with E-state index >= 15 is 0 Å². The molecular weight excluding hydrogens is 152 g/mol. The van der Waals surface area contributed by atoms with Crippen molar-refractivity contribution < 1.29 is 8.42 Å². The zero-order valence-electron chi connectivity index (χ0n) is 5.92. The van der Waals surface area contributed by atoms with E-state index in [0.717, 1.165) is 0 Å². The largest absolute Gasteiger partial charge is 0.329 e. The van der Waals surface area contributed by atoms with Gasteiger partial charge in [0.1, 0.15) is 0 Å². The van der Waals surface area contributed by atoms with Crippen LogP contribution in [0.1, 0.15) is 12.8 Å². The molecule has 0 bridgehead atoms. The molecule has 4 nitrogen and oxygen atoms in total. The highest BCUT2D eigenvalue weighted by molar-refractivity contribution is 7.91. The van der Waals surface area contributed by atoms with Crippen LogP contribution in [0.15, 0.2) is 0 Å². The third-order valence-electron chi connectivity index (χ3n) is 2.02. The first-order valence-corrected chi connectivity index (χ1v) is 4.69. The van der Waals surface area contributed by atoms with Crippen molar-refractivity contribution in [2.45, 2.75) is 17.6 Å². The fraction of sp³-hybridized carbons (Fsp3) is 1.00. The van der Waals surface area contributed by atoms with Gasteiger partial charge in [-0.1, -0.05) is 0 Å². The molecular formula is C5H12N2O2S. The van der Waals surface area contributed by atoms with Crippen molar-refractivity contribution in [3.63, 3.8) is 0 Å². The topological polar surface area (TPSA) is 72.2 Å². The number of rotatable bonds is 3. The van der Waals surface area contributed by atoms with Crippen LogP contribution in [-0.2, 0) is 10.0 Å². The van der Waals surface area contributed by atoms with Crippen molar-refractivity contribution in [1.29, 1.82) is 0 Å². The first-order chi connectivity index (χ1) is 4.58. The Kier molecular flexibility index (Phi) is 1.74. The number of sulfonamides is 1. The standard InChI is InChI=1S/C5H12N2O2S/c1-7-10(8,9)5(4-6)2-3-5/h7H,2-4,6H2,1H3. The molecule has 1 aliphatic carbocycles. The number of hydrogen-bond acceptors (Lipinski definition) is 3. The maximum atomic E-state index is 11.1. The van der Waals surface area contributed by atoms with E-state index < -0.39 is 14.8 Å². The van der Waals surface area contributed by atoms with E-state index in [1.165, 1.54) is 7.05 Å². The smallest absolute Gasteiger partial charge is 0.218 e. The van der Waals surface area contributed by atoms with Crippen LogP contribution >= 0.6 is 0 Å². The third-order valence-corrected chi connectivity index (χ3v) is 4.27. The molecule has 10 heavy (non-hydrogen) atoms. The van der Waals surface area contributed by atoms with Gasteiger partial charge in [0.2, 0.25) is 10.0 Å². The second kappa shape index (κ2) is 2.18. The predicted octanol–water partition coefficient (Wildman–Crippen LogP) is -0.973. The average molecular weight is 164 g/mol. The van der Waals surface area contributed by atoms with Crippen LogP contribution in [0, 0.1) is 0 Å².